The molecular weight excluding hydrogens is 340 g/mol. The van der Waals surface area contributed by atoms with Crippen LogP contribution in [0.3, 0.4) is 0 Å². The van der Waals surface area contributed by atoms with E-state index in [1.165, 1.54) is 0 Å². The largest absolute Gasteiger partial charge is 0.508 e. The molecular formula is C21H24N4O2. The number of benzene rings is 2. The monoisotopic (exact) mass is 364 g/mol. The summed E-state index contributed by atoms with van der Waals surface area (Å²) in [5.41, 5.74) is 2.45. The second-order valence-electron chi connectivity index (χ2n) is 6.68. The number of aromatic nitrogens is 2. The summed E-state index contributed by atoms with van der Waals surface area (Å²) >= 11 is 0. The van der Waals surface area contributed by atoms with Gasteiger partial charge in [0.1, 0.15) is 11.6 Å². The van der Waals surface area contributed by atoms with Gasteiger partial charge in [0.2, 0.25) is 5.95 Å². The van der Waals surface area contributed by atoms with Crippen LogP contribution in [0, 0.1) is 5.92 Å². The highest BCUT2D eigenvalue weighted by Crippen LogP contribution is 2.25. The third kappa shape index (κ3) is 4.95. The van der Waals surface area contributed by atoms with E-state index in [4.69, 9.17) is 0 Å². The molecule has 3 rings (SSSR count). The zero-order chi connectivity index (χ0) is 19.2. The van der Waals surface area contributed by atoms with Gasteiger partial charge in [-0.15, -0.1) is 0 Å². The van der Waals surface area contributed by atoms with Crippen molar-refractivity contribution in [3.63, 3.8) is 0 Å². The molecule has 0 amide bonds. The van der Waals surface area contributed by atoms with Crippen molar-refractivity contribution >= 4 is 17.5 Å². The number of aliphatic hydroxyl groups excluding tert-OH is 1. The molecule has 0 fully saturated rings. The minimum Gasteiger partial charge on any atom is -0.508 e. The molecule has 1 heterocycles. The van der Waals surface area contributed by atoms with Crippen molar-refractivity contribution in [2.75, 3.05) is 17.2 Å². The van der Waals surface area contributed by atoms with E-state index in [2.05, 4.69) is 20.6 Å². The van der Waals surface area contributed by atoms with Gasteiger partial charge in [-0.2, -0.15) is 4.98 Å². The second kappa shape index (κ2) is 8.51. The summed E-state index contributed by atoms with van der Waals surface area (Å²) in [6.45, 7) is 4.05. The van der Waals surface area contributed by atoms with Crippen molar-refractivity contribution in [1.82, 2.24) is 9.97 Å². The van der Waals surface area contributed by atoms with Gasteiger partial charge in [0.05, 0.1) is 18.3 Å². The van der Waals surface area contributed by atoms with Gasteiger partial charge in [-0.05, 0) is 18.1 Å². The third-order valence-electron chi connectivity index (χ3n) is 4.23. The second-order valence-corrected chi connectivity index (χ2v) is 6.68. The molecule has 0 radical (unpaired) electrons. The Morgan fingerprint density at radius 3 is 2.41 bits per heavy atom. The van der Waals surface area contributed by atoms with Crippen LogP contribution in [0.5, 0.6) is 5.75 Å². The van der Waals surface area contributed by atoms with E-state index < -0.39 is 0 Å². The van der Waals surface area contributed by atoms with E-state index in [9.17, 15) is 10.2 Å². The van der Waals surface area contributed by atoms with Crippen LogP contribution in [0.25, 0.3) is 11.3 Å². The quantitative estimate of drug-likeness (QED) is 0.506. The Bertz CT molecular complexity index is 884. The fourth-order valence-corrected chi connectivity index (χ4v) is 2.65. The molecule has 2 aromatic carbocycles. The highest BCUT2D eigenvalue weighted by Gasteiger charge is 2.15. The number of rotatable bonds is 7. The maximum absolute atomic E-state index is 9.68. The van der Waals surface area contributed by atoms with Crippen LogP contribution in [0.15, 0.2) is 60.7 Å². The number of aromatic hydroxyl groups is 1. The molecule has 0 bridgehead atoms. The van der Waals surface area contributed by atoms with Crippen molar-refractivity contribution in [2.24, 2.45) is 5.92 Å². The first kappa shape index (κ1) is 18.7. The molecule has 1 aromatic heterocycles. The van der Waals surface area contributed by atoms with Gasteiger partial charge in [-0.1, -0.05) is 50.2 Å². The molecule has 0 saturated heterocycles. The summed E-state index contributed by atoms with van der Waals surface area (Å²) in [7, 11) is 0. The topological polar surface area (TPSA) is 90.3 Å². The average molecular weight is 364 g/mol. The van der Waals surface area contributed by atoms with Crippen molar-refractivity contribution < 1.29 is 10.2 Å². The first-order valence-electron chi connectivity index (χ1n) is 8.93. The lowest BCUT2D eigenvalue weighted by Crippen LogP contribution is -2.30. The molecule has 0 saturated carbocycles. The zero-order valence-corrected chi connectivity index (χ0v) is 15.4. The fraction of sp³-hybridized carbons (Fsp3) is 0.238. The Kier molecular flexibility index (Phi) is 5.88. The SMILES string of the molecule is CC(C)[C@@H](CO)Nc1nc(Nc2cccc(O)c2)cc(-c2ccccc2)n1. The lowest BCUT2D eigenvalue weighted by Gasteiger charge is -2.20. The first-order chi connectivity index (χ1) is 13.0. The number of nitrogens with one attached hydrogen (secondary N) is 2. The summed E-state index contributed by atoms with van der Waals surface area (Å²) < 4.78 is 0. The van der Waals surface area contributed by atoms with Crippen molar-refractivity contribution in [3.8, 4) is 17.0 Å². The Labute approximate surface area is 158 Å². The number of aliphatic hydroxyl groups is 1. The van der Waals surface area contributed by atoms with Gasteiger partial charge in [0, 0.05) is 23.4 Å². The van der Waals surface area contributed by atoms with Crippen LogP contribution < -0.4 is 10.6 Å². The van der Waals surface area contributed by atoms with Crippen LogP contribution in [0.2, 0.25) is 0 Å². The lowest BCUT2D eigenvalue weighted by molar-refractivity contribution is 0.248. The Balaban J connectivity index is 1.97. The van der Waals surface area contributed by atoms with Gasteiger partial charge in [-0.25, -0.2) is 4.98 Å². The summed E-state index contributed by atoms with van der Waals surface area (Å²) in [6, 6.07) is 18.4. The van der Waals surface area contributed by atoms with Gasteiger partial charge < -0.3 is 20.8 Å². The van der Waals surface area contributed by atoms with Gasteiger partial charge in [0.15, 0.2) is 0 Å². The standard InChI is InChI=1S/C21H24N4O2/c1-14(2)19(13-26)24-21-23-18(15-7-4-3-5-8-15)12-20(25-21)22-16-9-6-10-17(27)11-16/h3-12,14,19,26-27H,13H2,1-2H3,(H2,22,23,24,25)/t19-/m1/s1. The normalized spacial score (nSPS) is 12.0. The number of hydrogen-bond acceptors (Lipinski definition) is 6. The summed E-state index contributed by atoms with van der Waals surface area (Å²) in [6.07, 6.45) is 0. The van der Waals surface area contributed by atoms with E-state index in [1.807, 2.05) is 56.3 Å². The molecule has 1 atom stereocenters. The number of nitrogens with zero attached hydrogens (tertiary/aromatic N) is 2. The van der Waals surface area contributed by atoms with Crippen molar-refractivity contribution in [3.05, 3.63) is 60.7 Å². The Morgan fingerprint density at radius 1 is 0.963 bits per heavy atom. The minimum absolute atomic E-state index is 0.00802. The Morgan fingerprint density at radius 2 is 1.74 bits per heavy atom. The van der Waals surface area contributed by atoms with E-state index in [-0.39, 0.29) is 24.3 Å². The maximum atomic E-state index is 9.68. The smallest absolute Gasteiger partial charge is 0.225 e. The van der Waals surface area contributed by atoms with Crippen LogP contribution in [0.4, 0.5) is 17.5 Å². The molecule has 0 spiro atoms. The molecule has 6 nitrogen and oxygen atoms in total. The molecule has 0 aliphatic carbocycles. The Hall–Kier alpha value is -3.12. The summed E-state index contributed by atoms with van der Waals surface area (Å²) in [5.74, 6) is 1.43. The molecule has 140 valence electrons. The van der Waals surface area contributed by atoms with Crippen molar-refractivity contribution in [1.29, 1.82) is 0 Å². The number of phenolic OH excluding ortho intramolecular Hbond substituents is 1. The number of hydrogen-bond donors (Lipinski definition) is 4. The molecule has 0 unspecified atom stereocenters. The van der Waals surface area contributed by atoms with Crippen molar-refractivity contribution in [2.45, 2.75) is 19.9 Å². The van der Waals surface area contributed by atoms with E-state index in [1.54, 1.807) is 18.2 Å². The molecule has 27 heavy (non-hydrogen) atoms. The molecule has 0 aliphatic heterocycles. The van der Waals surface area contributed by atoms with Crippen LogP contribution in [0.1, 0.15) is 13.8 Å². The number of anilines is 3. The van der Waals surface area contributed by atoms with Gasteiger partial charge >= 0.3 is 0 Å². The summed E-state index contributed by atoms with van der Waals surface area (Å²) in [5, 5.41) is 25.7. The summed E-state index contributed by atoms with van der Waals surface area (Å²) in [4.78, 5) is 9.14. The van der Waals surface area contributed by atoms with Crippen LogP contribution in [-0.2, 0) is 0 Å². The zero-order valence-electron chi connectivity index (χ0n) is 15.4. The fourth-order valence-electron chi connectivity index (χ4n) is 2.65. The minimum atomic E-state index is -0.148. The third-order valence-corrected chi connectivity index (χ3v) is 4.23. The van der Waals surface area contributed by atoms with Gasteiger partial charge in [0.25, 0.3) is 0 Å². The first-order valence-corrected chi connectivity index (χ1v) is 8.93. The maximum Gasteiger partial charge on any atom is 0.225 e. The average Bonchev–Trinajstić information content (AvgIpc) is 2.66. The van der Waals surface area contributed by atoms with Crippen LogP contribution in [-0.4, -0.2) is 32.8 Å². The lowest BCUT2D eigenvalue weighted by atomic mass is 10.1. The van der Waals surface area contributed by atoms with E-state index in [0.29, 0.717) is 11.8 Å². The molecule has 3 aromatic rings. The van der Waals surface area contributed by atoms with Crippen LogP contribution >= 0.6 is 0 Å². The van der Waals surface area contributed by atoms with E-state index >= 15 is 0 Å². The predicted molar refractivity (Wildman–Crippen MR) is 108 cm³/mol. The van der Waals surface area contributed by atoms with Gasteiger partial charge in [-0.3, -0.25) is 0 Å². The highest BCUT2D eigenvalue weighted by atomic mass is 16.3. The molecule has 6 heteroatoms. The van der Waals surface area contributed by atoms with E-state index in [0.717, 1.165) is 16.9 Å². The molecule has 4 N–H and O–H groups in total. The highest BCUT2D eigenvalue weighted by molar-refractivity contribution is 5.67. The predicted octanol–water partition coefficient (Wildman–Crippen LogP) is 4.02. The number of phenols is 1. The molecule has 0 aliphatic rings.